The molecule has 17 heavy (non-hydrogen) atoms. The predicted molar refractivity (Wildman–Crippen MR) is 74.7 cm³/mol. The van der Waals surface area contributed by atoms with E-state index in [1.165, 1.54) is 11.3 Å². The Labute approximate surface area is 104 Å². The Kier molecular flexibility index (Phi) is 5.27. The lowest BCUT2D eigenvalue weighted by Crippen LogP contribution is -2.15. The number of rotatable bonds is 5. The van der Waals surface area contributed by atoms with Crippen LogP contribution in [0.2, 0.25) is 0 Å². The van der Waals surface area contributed by atoms with Crippen molar-refractivity contribution >= 4 is 5.71 Å². The van der Waals surface area contributed by atoms with E-state index in [2.05, 4.69) is 36.0 Å². The normalized spacial score (nSPS) is 17.3. The lowest BCUT2D eigenvalue weighted by Gasteiger charge is -2.15. The third-order valence-corrected chi connectivity index (χ3v) is 2.48. The summed E-state index contributed by atoms with van der Waals surface area (Å²) in [5.41, 5.74) is 9.85. The molecular weight excluding hydrogens is 210 g/mol. The van der Waals surface area contributed by atoms with Gasteiger partial charge in [-0.1, -0.05) is 12.7 Å². The second-order valence-corrected chi connectivity index (χ2v) is 4.00. The molecule has 0 unspecified atom stereocenters. The molecule has 0 bridgehead atoms. The van der Waals surface area contributed by atoms with Gasteiger partial charge in [-0.2, -0.15) is 0 Å². The van der Waals surface area contributed by atoms with Gasteiger partial charge in [0.2, 0.25) is 0 Å². The summed E-state index contributed by atoms with van der Waals surface area (Å²) in [6.45, 7) is 8.56. The summed E-state index contributed by atoms with van der Waals surface area (Å²) in [7, 11) is 0. The molecule has 0 aromatic rings. The molecule has 0 amide bonds. The lowest BCUT2D eigenvalue weighted by molar-refractivity contribution is 0.768. The van der Waals surface area contributed by atoms with Crippen molar-refractivity contribution in [2.24, 2.45) is 10.7 Å². The van der Waals surface area contributed by atoms with Crippen molar-refractivity contribution in [3.63, 3.8) is 0 Å². The molecule has 92 valence electrons. The highest BCUT2D eigenvalue weighted by Crippen LogP contribution is 2.19. The summed E-state index contributed by atoms with van der Waals surface area (Å²) in [6.07, 6.45) is 9.66. The van der Waals surface area contributed by atoms with E-state index in [-0.39, 0.29) is 0 Å². The molecule has 1 rings (SSSR count). The Hall–Kier alpha value is -1.77. The van der Waals surface area contributed by atoms with Crippen LogP contribution in [0.4, 0.5) is 0 Å². The van der Waals surface area contributed by atoms with Gasteiger partial charge in [0.1, 0.15) is 0 Å². The largest absolute Gasteiger partial charge is 0.402 e. The van der Waals surface area contributed by atoms with Crippen LogP contribution < -0.4 is 11.1 Å². The summed E-state index contributed by atoms with van der Waals surface area (Å²) < 4.78 is 0. The van der Waals surface area contributed by atoms with E-state index in [0.717, 1.165) is 30.8 Å². The first-order valence-corrected chi connectivity index (χ1v) is 5.93. The topological polar surface area (TPSA) is 50.4 Å². The van der Waals surface area contributed by atoms with Gasteiger partial charge in [0.05, 0.1) is 5.71 Å². The first-order chi connectivity index (χ1) is 8.17. The Morgan fingerprint density at radius 1 is 1.53 bits per heavy atom. The first-order valence-electron chi connectivity index (χ1n) is 5.93. The van der Waals surface area contributed by atoms with Gasteiger partial charge in [-0.25, -0.2) is 0 Å². The molecular formula is C14H21N3. The van der Waals surface area contributed by atoms with Crippen LogP contribution in [-0.4, -0.2) is 12.3 Å². The van der Waals surface area contributed by atoms with Crippen LogP contribution in [0.3, 0.4) is 0 Å². The number of allylic oxidation sites excluding steroid dienone is 6. The van der Waals surface area contributed by atoms with Gasteiger partial charge in [0.25, 0.3) is 0 Å². The van der Waals surface area contributed by atoms with E-state index in [4.69, 9.17) is 5.73 Å². The van der Waals surface area contributed by atoms with Crippen molar-refractivity contribution in [2.75, 3.05) is 6.54 Å². The van der Waals surface area contributed by atoms with Crippen LogP contribution in [0.25, 0.3) is 0 Å². The average Bonchev–Trinajstić information content (AvgIpc) is 2.29. The van der Waals surface area contributed by atoms with Crippen LogP contribution >= 0.6 is 0 Å². The maximum Gasteiger partial charge on any atom is 0.0678 e. The maximum atomic E-state index is 5.70. The number of hydrogen-bond donors (Lipinski definition) is 2. The second kappa shape index (κ2) is 6.74. The van der Waals surface area contributed by atoms with Gasteiger partial charge in [-0.15, -0.1) is 0 Å². The predicted octanol–water partition coefficient (Wildman–Crippen LogP) is 2.65. The SMILES string of the molecule is C=CN=C(/C=C(/C)N)C1=CC=C(NCC)CC1. The number of nitrogens with zero attached hydrogens (tertiary/aromatic N) is 1. The molecule has 0 aliphatic heterocycles. The number of nitrogens with two attached hydrogens (primary N) is 1. The van der Waals surface area contributed by atoms with Gasteiger partial charge in [0, 0.05) is 24.1 Å². The maximum absolute atomic E-state index is 5.70. The van der Waals surface area contributed by atoms with Crippen LogP contribution in [-0.2, 0) is 0 Å². The Morgan fingerprint density at radius 2 is 2.29 bits per heavy atom. The molecule has 1 aliphatic carbocycles. The zero-order valence-corrected chi connectivity index (χ0v) is 10.7. The Balaban J connectivity index is 2.88. The van der Waals surface area contributed by atoms with Gasteiger partial charge in [0.15, 0.2) is 0 Å². The molecule has 0 spiro atoms. The molecule has 0 aromatic carbocycles. The Morgan fingerprint density at radius 3 is 2.76 bits per heavy atom. The standard InChI is InChI=1S/C14H21N3/c1-4-16-13-8-6-12(7-9-13)14(17-5-2)10-11(3)15/h5-6,8,10,16H,2,4,7,9,15H2,1,3H3/b11-10-,17-14?. The summed E-state index contributed by atoms with van der Waals surface area (Å²) in [4.78, 5) is 4.27. The highest BCUT2D eigenvalue weighted by molar-refractivity contribution is 6.09. The van der Waals surface area contributed by atoms with Crippen molar-refractivity contribution < 1.29 is 0 Å². The number of nitrogens with one attached hydrogen (secondary N) is 1. The molecule has 0 saturated heterocycles. The minimum Gasteiger partial charge on any atom is -0.402 e. The average molecular weight is 231 g/mol. The molecule has 0 radical (unpaired) electrons. The molecule has 0 heterocycles. The van der Waals surface area contributed by atoms with E-state index in [1.54, 1.807) is 6.20 Å². The van der Waals surface area contributed by atoms with Gasteiger partial charge < -0.3 is 11.1 Å². The highest BCUT2D eigenvalue weighted by Gasteiger charge is 2.09. The number of aliphatic imine (C=N–C) groups is 1. The number of hydrogen-bond acceptors (Lipinski definition) is 3. The molecule has 0 atom stereocenters. The van der Waals surface area contributed by atoms with E-state index in [9.17, 15) is 0 Å². The molecule has 3 N–H and O–H groups in total. The van der Waals surface area contributed by atoms with E-state index in [0.29, 0.717) is 0 Å². The van der Waals surface area contributed by atoms with E-state index < -0.39 is 0 Å². The molecule has 1 aliphatic rings. The third kappa shape index (κ3) is 4.31. The molecule has 0 fully saturated rings. The van der Waals surface area contributed by atoms with E-state index >= 15 is 0 Å². The lowest BCUT2D eigenvalue weighted by atomic mass is 9.97. The van der Waals surface area contributed by atoms with Crippen molar-refractivity contribution in [3.05, 3.63) is 48.0 Å². The van der Waals surface area contributed by atoms with Crippen LogP contribution in [0.1, 0.15) is 26.7 Å². The van der Waals surface area contributed by atoms with Gasteiger partial charge >= 0.3 is 0 Å². The fourth-order valence-corrected chi connectivity index (χ4v) is 1.75. The molecule has 0 saturated carbocycles. The smallest absolute Gasteiger partial charge is 0.0678 e. The van der Waals surface area contributed by atoms with Crippen molar-refractivity contribution in [1.82, 2.24) is 5.32 Å². The van der Waals surface area contributed by atoms with Crippen molar-refractivity contribution in [2.45, 2.75) is 26.7 Å². The minimum atomic E-state index is 0.757. The fourth-order valence-electron chi connectivity index (χ4n) is 1.75. The van der Waals surface area contributed by atoms with Crippen molar-refractivity contribution in [1.29, 1.82) is 0 Å². The zero-order valence-electron chi connectivity index (χ0n) is 10.7. The van der Waals surface area contributed by atoms with Crippen LogP contribution in [0, 0.1) is 0 Å². The summed E-state index contributed by atoms with van der Waals surface area (Å²) >= 11 is 0. The third-order valence-electron chi connectivity index (χ3n) is 2.48. The van der Waals surface area contributed by atoms with Gasteiger partial charge in [-0.05, 0) is 44.4 Å². The molecule has 3 heteroatoms. The highest BCUT2D eigenvalue weighted by atomic mass is 14.9. The van der Waals surface area contributed by atoms with Gasteiger partial charge in [-0.3, -0.25) is 4.99 Å². The Bertz CT molecular complexity index is 394. The minimum absolute atomic E-state index is 0.757. The van der Waals surface area contributed by atoms with Crippen LogP contribution in [0.15, 0.2) is 53.0 Å². The molecule has 0 aromatic heterocycles. The zero-order chi connectivity index (χ0) is 12.7. The van der Waals surface area contributed by atoms with Crippen LogP contribution in [0.5, 0.6) is 0 Å². The van der Waals surface area contributed by atoms with E-state index in [1.807, 2.05) is 13.0 Å². The van der Waals surface area contributed by atoms with Crippen molar-refractivity contribution in [3.8, 4) is 0 Å². The molecule has 3 nitrogen and oxygen atoms in total. The fraction of sp³-hybridized carbons (Fsp3) is 0.357. The summed E-state index contributed by atoms with van der Waals surface area (Å²) in [5, 5.41) is 3.33. The monoisotopic (exact) mass is 231 g/mol. The second-order valence-electron chi connectivity index (χ2n) is 4.00. The first kappa shape index (κ1) is 13.3. The summed E-state index contributed by atoms with van der Waals surface area (Å²) in [6, 6.07) is 0. The summed E-state index contributed by atoms with van der Waals surface area (Å²) in [5.74, 6) is 0. The quantitative estimate of drug-likeness (QED) is 0.715.